The minimum atomic E-state index is -2.99. The van der Waals surface area contributed by atoms with Crippen LogP contribution >= 0.6 is 0 Å². The van der Waals surface area contributed by atoms with Gasteiger partial charge in [0.15, 0.2) is 18.0 Å². The van der Waals surface area contributed by atoms with Gasteiger partial charge in [-0.15, -0.1) is 0 Å². The average molecular weight is 376 g/mol. The van der Waals surface area contributed by atoms with Crippen LogP contribution in [0.25, 0.3) is 11.6 Å². The Hall–Kier alpha value is -2.58. The minimum absolute atomic E-state index is 0.116. The molecule has 0 bridgehead atoms. The van der Waals surface area contributed by atoms with Gasteiger partial charge in [-0.25, -0.2) is 15.0 Å². The number of alkyl halides is 2. The molecule has 2 aromatic heterocycles. The van der Waals surface area contributed by atoms with Gasteiger partial charge in [0.1, 0.15) is 11.5 Å². The fraction of sp³-hybridized carbons (Fsp3) is 0.556. The molecule has 9 heteroatoms. The highest BCUT2D eigenvalue weighted by molar-refractivity contribution is 5.68. The number of carbonyl (C=O) groups is 1. The lowest BCUT2D eigenvalue weighted by Gasteiger charge is -2.30. The number of carboxylic acids is 1. The first-order chi connectivity index (χ1) is 12.9. The van der Waals surface area contributed by atoms with Gasteiger partial charge in [-0.2, -0.15) is 8.78 Å². The van der Waals surface area contributed by atoms with Crippen molar-refractivity contribution >= 4 is 11.8 Å². The number of nitrogens with zero attached hydrogens (tertiary/aromatic N) is 4. The van der Waals surface area contributed by atoms with Crippen LogP contribution in [0.5, 0.6) is 0 Å². The van der Waals surface area contributed by atoms with Crippen molar-refractivity contribution in [3.05, 3.63) is 23.8 Å². The molecule has 1 N–H and O–H groups in total. The molecular formula is C18H18F2N4O3. The Bertz CT molecular complexity index is 890. The van der Waals surface area contributed by atoms with Crippen LogP contribution in [0.2, 0.25) is 0 Å². The van der Waals surface area contributed by atoms with Gasteiger partial charge in [0.2, 0.25) is 0 Å². The number of oxazole rings is 1. The predicted molar refractivity (Wildman–Crippen MR) is 89.3 cm³/mol. The zero-order valence-corrected chi connectivity index (χ0v) is 14.4. The van der Waals surface area contributed by atoms with Crippen LogP contribution in [-0.4, -0.2) is 39.1 Å². The molecule has 1 aliphatic heterocycles. The summed E-state index contributed by atoms with van der Waals surface area (Å²) < 4.78 is 34.3. The lowest BCUT2D eigenvalue weighted by atomic mass is 9.92. The van der Waals surface area contributed by atoms with Gasteiger partial charge >= 0.3 is 5.97 Å². The number of aromatic nitrogens is 3. The van der Waals surface area contributed by atoms with E-state index in [2.05, 4.69) is 15.0 Å². The molecule has 2 aliphatic carbocycles. The highest BCUT2D eigenvalue weighted by Gasteiger charge is 2.57. The van der Waals surface area contributed by atoms with E-state index in [0.29, 0.717) is 49.1 Å². The Kier molecular flexibility index (Phi) is 3.50. The van der Waals surface area contributed by atoms with E-state index < -0.39 is 11.9 Å². The molecule has 1 saturated carbocycles. The highest BCUT2D eigenvalue weighted by atomic mass is 19.3. The van der Waals surface area contributed by atoms with Crippen LogP contribution in [-0.2, 0) is 17.1 Å². The van der Waals surface area contributed by atoms with Gasteiger partial charge in [-0.1, -0.05) is 0 Å². The van der Waals surface area contributed by atoms with E-state index in [-0.39, 0.29) is 36.0 Å². The Morgan fingerprint density at radius 2 is 2.11 bits per heavy atom. The summed E-state index contributed by atoms with van der Waals surface area (Å²) in [6.45, 7) is 1.29. The number of hydrogen-bond donors (Lipinski definition) is 1. The number of aliphatic carboxylic acids is 1. The van der Waals surface area contributed by atoms with Gasteiger partial charge in [0.25, 0.3) is 5.92 Å². The molecule has 2 fully saturated rings. The molecule has 2 aromatic rings. The summed E-state index contributed by atoms with van der Waals surface area (Å²) >= 11 is 0. The third-order valence-corrected chi connectivity index (χ3v) is 5.98. The summed E-state index contributed by atoms with van der Waals surface area (Å²) in [6, 6.07) is 0. The summed E-state index contributed by atoms with van der Waals surface area (Å²) in [4.78, 5) is 25.4. The zero-order valence-electron chi connectivity index (χ0n) is 14.4. The van der Waals surface area contributed by atoms with E-state index in [1.165, 1.54) is 12.6 Å². The topological polar surface area (TPSA) is 92.3 Å². The summed E-state index contributed by atoms with van der Waals surface area (Å²) in [6.07, 6.45) is 3.49. The van der Waals surface area contributed by atoms with Crippen molar-refractivity contribution in [3.63, 3.8) is 0 Å². The second-order valence-corrected chi connectivity index (χ2v) is 7.62. The minimum Gasteiger partial charge on any atom is -0.481 e. The maximum atomic E-state index is 14.6. The third-order valence-electron chi connectivity index (χ3n) is 5.98. The Morgan fingerprint density at radius 3 is 2.78 bits per heavy atom. The second-order valence-electron chi connectivity index (χ2n) is 7.62. The van der Waals surface area contributed by atoms with Crippen LogP contribution in [0.4, 0.5) is 14.6 Å². The van der Waals surface area contributed by atoms with Crippen molar-refractivity contribution < 1.29 is 23.1 Å². The highest BCUT2D eigenvalue weighted by Crippen LogP contribution is 2.55. The van der Waals surface area contributed by atoms with Crippen LogP contribution < -0.4 is 4.90 Å². The van der Waals surface area contributed by atoms with Gasteiger partial charge in [-0.05, 0) is 30.6 Å². The lowest BCUT2D eigenvalue weighted by molar-refractivity contribution is -0.137. The van der Waals surface area contributed by atoms with Crippen LogP contribution in [0.3, 0.4) is 0 Å². The smallest absolute Gasteiger partial charge is 0.303 e. The van der Waals surface area contributed by atoms with Crippen molar-refractivity contribution in [1.29, 1.82) is 0 Å². The van der Waals surface area contributed by atoms with E-state index in [4.69, 9.17) is 9.52 Å². The van der Waals surface area contributed by atoms with Crippen molar-refractivity contribution in [2.45, 2.75) is 31.6 Å². The number of carboxylic acid groups (broad SMARTS) is 1. The first-order valence-corrected chi connectivity index (χ1v) is 9.09. The van der Waals surface area contributed by atoms with Crippen molar-refractivity contribution in [1.82, 2.24) is 15.0 Å². The molecule has 0 spiro atoms. The van der Waals surface area contributed by atoms with Gasteiger partial charge in [-0.3, -0.25) is 4.79 Å². The molecule has 3 heterocycles. The molecule has 5 rings (SSSR count). The van der Waals surface area contributed by atoms with Gasteiger partial charge in [0, 0.05) is 31.5 Å². The monoisotopic (exact) mass is 376 g/mol. The van der Waals surface area contributed by atoms with Crippen LogP contribution in [0, 0.1) is 17.8 Å². The van der Waals surface area contributed by atoms with E-state index >= 15 is 0 Å². The molecule has 0 amide bonds. The van der Waals surface area contributed by atoms with E-state index in [1.807, 2.05) is 4.90 Å². The van der Waals surface area contributed by atoms with E-state index in [9.17, 15) is 13.6 Å². The SMILES string of the molecule is O=C(O)C[C@@H]1[C@H]2CN(c3nc(-c4cnco4)nc4c3CCCC4(F)F)C[C@@H]12. The fourth-order valence-electron chi connectivity index (χ4n) is 4.64. The van der Waals surface area contributed by atoms with Crippen molar-refractivity contribution in [2.24, 2.45) is 17.8 Å². The quantitative estimate of drug-likeness (QED) is 0.877. The van der Waals surface area contributed by atoms with Gasteiger partial charge in [0.05, 0.1) is 6.20 Å². The Balaban J connectivity index is 1.51. The first-order valence-electron chi connectivity index (χ1n) is 9.09. The Morgan fingerprint density at radius 1 is 1.33 bits per heavy atom. The molecule has 142 valence electrons. The predicted octanol–water partition coefficient (Wildman–Crippen LogP) is 2.72. The summed E-state index contributed by atoms with van der Waals surface area (Å²) in [5, 5.41) is 8.99. The average Bonchev–Trinajstić information content (AvgIpc) is 3.06. The maximum Gasteiger partial charge on any atom is 0.303 e. The largest absolute Gasteiger partial charge is 0.481 e. The number of halogens is 2. The molecule has 27 heavy (non-hydrogen) atoms. The molecule has 0 unspecified atom stereocenters. The van der Waals surface area contributed by atoms with Crippen molar-refractivity contribution in [3.8, 4) is 11.6 Å². The van der Waals surface area contributed by atoms with E-state index in [0.717, 1.165) is 0 Å². The first kappa shape index (κ1) is 16.6. The maximum absolute atomic E-state index is 14.6. The number of piperidine rings is 1. The number of anilines is 1. The number of rotatable bonds is 4. The molecule has 0 radical (unpaired) electrons. The third kappa shape index (κ3) is 2.67. The molecule has 7 nitrogen and oxygen atoms in total. The lowest BCUT2D eigenvalue weighted by Crippen LogP contribution is -2.31. The van der Waals surface area contributed by atoms with Crippen molar-refractivity contribution in [2.75, 3.05) is 18.0 Å². The number of fused-ring (bicyclic) bond motifs is 2. The second kappa shape index (κ2) is 5.71. The molecule has 3 aliphatic rings. The Labute approximate surface area is 153 Å². The normalized spacial score (nSPS) is 27.9. The molecular weight excluding hydrogens is 358 g/mol. The molecule has 0 aromatic carbocycles. The standard InChI is InChI=1S/C18H18F2N4O3/c19-18(20)3-1-2-9-15(18)22-16(13-5-21-8-27-13)23-17(9)24-6-11-10(4-14(25)26)12(11)7-24/h5,8,10-12H,1-4,6-7H2,(H,25,26)/t10-,11-,12+. The van der Waals surface area contributed by atoms with Gasteiger partial charge < -0.3 is 14.4 Å². The number of hydrogen-bond acceptors (Lipinski definition) is 6. The zero-order chi connectivity index (χ0) is 18.8. The summed E-state index contributed by atoms with van der Waals surface area (Å²) in [7, 11) is 0. The van der Waals surface area contributed by atoms with Crippen LogP contribution in [0.15, 0.2) is 17.0 Å². The molecule has 3 atom stereocenters. The summed E-state index contributed by atoms with van der Waals surface area (Å²) in [5.74, 6) is -2.09. The molecule has 1 saturated heterocycles. The summed E-state index contributed by atoms with van der Waals surface area (Å²) in [5.41, 5.74) is 0.290. The van der Waals surface area contributed by atoms with Crippen LogP contribution in [0.1, 0.15) is 30.5 Å². The van der Waals surface area contributed by atoms with E-state index in [1.54, 1.807) is 0 Å². The fourth-order valence-corrected chi connectivity index (χ4v) is 4.64.